The summed E-state index contributed by atoms with van der Waals surface area (Å²) in [6.45, 7) is 4.64. The number of nitrogens with one attached hydrogen (secondary N) is 1. The third-order valence-corrected chi connectivity index (χ3v) is 3.25. The van der Waals surface area contributed by atoms with E-state index in [1.54, 1.807) is 16.9 Å². The van der Waals surface area contributed by atoms with Crippen molar-refractivity contribution in [3.63, 3.8) is 0 Å². The summed E-state index contributed by atoms with van der Waals surface area (Å²) in [6.07, 6.45) is 3.62. The minimum atomic E-state index is -1.08. The smallest absolute Gasteiger partial charge is 0.337 e. The number of hydrogen-bond donors (Lipinski definition) is 2. The number of aromatic carboxylic acids is 1. The summed E-state index contributed by atoms with van der Waals surface area (Å²) in [7, 11) is 0. The van der Waals surface area contributed by atoms with Crippen LogP contribution in [-0.2, 0) is 6.54 Å². The molecule has 0 aliphatic heterocycles. The van der Waals surface area contributed by atoms with Gasteiger partial charge in [-0.05, 0) is 32.0 Å². The Labute approximate surface area is 127 Å². The van der Waals surface area contributed by atoms with Gasteiger partial charge in [-0.25, -0.2) is 4.79 Å². The number of aromatic nitrogens is 2. The van der Waals surface area contributed by atoms with E-state index in [1.165, 1.54) is 12.1 Å². The van der Waals surface area contributed by atoms with Gasteiger partial charge in [-0.3, -0.25) is 10.1 Å². The number of hydrogen-bond acceptors (Lipinski definition) is 4. The lowest BCUT2D eigenvalue weighted by atomic mass is 10.2. The Morgan fingerprint density at radius 1 is 1.52 bits per heavy atom. The fourth-order valence-electron chi connectivity index (χ4n) is 1.70. The van der Waals surface area contributed by atoms with E-state index < -0.39 is 5.97 Å². The molecule has 110 valence electrons. The molecule has 0 aliphatic rings. The van der Waals surface area contributed by atoms with Crippen LogP contribution in [0.15, 0.2) is 35.7 Å². The molecule has 0 unspecified atom stereocenters. The molecular formula is C14H15ClN4O2. The highest BCUT2D eigenvalue weighted by molar-refractivity contribution is 6.33. The van der Waals surface area contributed by atoms with E-state index in [4.69, 9.17) is 16.7 Å². The lowest BCUT2D eigenvalue weighted by Crippen LogP contribution is -2.01. The Morgan fingerprint density at radius 3 is 2.90 bits per heavy atom. The number of carboxylic acid groups (broad SMARTS) is 1. The minimum Gasteiger partial charge on any atom is -0.478 e. The Morgan fingerprint density at radius 2 is 2.29 bits per heavy atom. The quantitative estimate of drug-likeness (QED) is 0.657. The molecule has 0 aliphatic carbocycles. The number of nitrogens with zero attached hydrogens (tertiary/aromatic N) is 3. The predicted molar refractivity (Wildman–Crippen MR) is 82.1 cm³/mol. The van der Waals surface area contributed by atoms with Crippen molar-refractivity contribution in [3.8, 4) is 0 Å². The monoisotopic (exact) mass is 306 g/mol. The normalized spacial score (nSPS) is 11.5. The van der Waals surface area contributed by atoms with Crippen LogP contribution in [0.2, 0.25) is 5.02 Å². The van der Waals surface area contributed by atoms with Crippen LogP contribution in [0.4, 0.5) is 5.69 Å². The van der Waals surface area contributed by atoms with Crippen molar-refractivity contribution >= 4 is 29.0 Å². The molecule has 0 radical (unpaired) electrons. The lowest BCUT2D eigenvalue weighted by molar-refractivity contribution is 0.0697. The molecule has 0 saturated heterocycles. The second-order valence-electron chi connectivity index (χ2n) is 4.39. The van der Waals surface area contributed by atoms with Gasteiger partial charge in [-0.15, -0.1) is 0 Å². The molecular weight excluding hydrogens is 292 g/mol. The van der Waals surface area contributed by atoms with Crippen LogP contribution in [0.1, 0.15) is 29.8 Å². The molecule has 0 fully saturated rings. The molecule has 6 nitrogen and oxygen atoms in total. The zero-order chi connectivity index (χ0) is 15.4. The number of carbonyl (C=O) groups is 1. The molecule has 0 bridgehead atoms. The van der Waals surface area contributed by atoms with Crippen molar-refractivity contribution < 1.29 is 9.90 Å². The predicted octanol–water partition coefficient (Wildman–Crippen LogP) is 3.09. The van der Waals surface area contributed by atoms with Crippen LogP contribution >= 0.6 is 11.6 Å². The van der Waals surface area contributed by atoms with Gasteiger partial charge < -0.3 is 5.11 Å². The first-order valence-corrected chi connectivity index (χ1v) is 6.75. The van der Waals surface area contributed by atoms with Crippen LogP contribution in [0.5, 0.6) is 0 Å². The Balaban J connectivity index is 2.16. The molecule has 1 aromatic carbocycles. The summed E-state index contributed by atoms with van der Waals surface area (Å²) in [4.78, 5) is 11.0. The number of anilines is 1. The van der Waals surface area contributed by atoms with Crippen LogP contribution < -0.4 is 5.43 Å². The fourth-order valence-corrected chi connectivity index (χ4v) is 1.89. The minimum absolute atomic E-state index is 0.0355. The molecule has 2 rings (SSSR count). The van der Waals surface area contributed by atoms with E-state index in [1.807, 2.05) is 20.0 Å². The summed E-state index contributed by atoms with van der Waals surface area (Å²) in [5.74, 6) is -1.08. The zero-order valence-electron chi connectivity index (χ0n) is 11.7. The summed E-state index contributed by atoms with van der Waals surface area (Å²) in [6, 6.07) is 4.63. The van der Waals surface area contributed by atoms with Crippen molar-refractivity contribution in [2.75, 3.05) is 5.43 Å². The van der Waals surface area contributed by atoms with Crippen LogP contribution in [0.25, 0.3) is 0 Å². The number of halogens is 1. The van der Waals surface area contributed by atoms with Gasteiger partial charge in [0.25, 0.3) is 0 Å². The molecule has 21 heavy (non-hydrogen) atoms. The van der Waals surface area contributed by atoms with E-state index in [9.17, 15) is 4.79 Å². The highest BCUT2D eigenvalue weighted by Crippen LogP contribution is 2.20. The van der Waals surface area contributed by atoms with E-state index in [2.05, 4.69) is 15.6 Å². The second kappa shape index (κ2) is 6.41. The van der Waals surface area contributed by atoms with E-state index in [0.29, 0.717) is 5.69 Å². The van der Waals surface area contributed by atoms with Crippen molar-refractivity contribution in [3.05, 3.63) is 46.7 Å². The van der Waals surface area contributed by atoms with Gasteiger partial charge in [-0.1, -0.05) is 11.6 Å². The van der Waals surface area contributed by atoms with Crippen molar-refractivity contribution in [1.82, 2.24) is 9.78 Å². The molecule has 0 amide bonds. The van der Waals surface area contributed by atoms with Gasteiger partial charge in [0, 0.05) is 18.3 Å². The maximum absolute atomic E-state index is 11.0. The van der Waals surface area contributed by atoms with Crippen molar-refractivity contribution in [2.24, 2.45) is 5.10 Å². The topological polar surface area (TPSA) is 79.5 Å². The Kier molecular flexibility index (Phi) is 4.59. The maximum Gasteiger partial charge on any atom is 0.337 e. The molecule has 0 saturated carbocycles. The fraction of sp³-hybridized carbons (Fsp3) is 0.214. The molecule has 1 aromatic heterocycles. The number of hydrazone groups is 1. The highest BCUT2D eigenvalue weighted by atomic mass is 35.5. The van der Waals surface area contributed by atoms with Gasteiger partial charge >= 0.3 is 5.97 Å². The van der Waals surface area contributed by atoms with Crippen molar-refractivity contribution in [1.29, 1.82) is 0 Å². The maximum atomic E-state index is 11.0. The molecule has 2 aromatic rings. The van der Waals surface area contributed by atoms with Crippen LogP contribution in [-0.4, -0.2) is 26.6 Å². The third-order valence-electron chi connectivity index (χ3n) is 2.92. The SMILES string of the molecule is CCn1cc(/C(C)=N/Nc2ccc(Cl)c(C(=O)O)c2)cn1. The van der Waals surface area contributed by atoms with E-state index in [0.717, 1.165) is 17.8 Å². The van der Waals surface area contributed by atoms with E-state index >= 15 is 0 Å². The summed E-state index contributed by atoms with van der Waals surface area (Å²) in [5.41, 5.74) is 5.06. The highest BCUT2D eigenvalue weighted by Gasteiger charge is 2.09. The van der Waals surface area contributed by atoms with Gasteiger partial charge in [0.1, 0.15) is 0 Å². The lowest BCUT2D eigenvalue weighted by Gasteiger charge is -2.05. The Bertz CT molecular complexity index is 694. The first kappa shape index (κ1) is 15.1. The first-order chi connectivity index (χ1) is 10.0. The van der Waals surface area contributed by atoms with Crippen LogP contribution in [0.3, 0.4) is 0 Å². The number of carboxylic acids is 1. The van der Waals surface area contributed by atoms with Gasteiger partial charge in [-0.2, -0.15) is 10.2 Å². The molecule has 0 spiro atoms. The first-order valence-electron chi connectivity index (χ1n) is 6.37. The van der Waals surface area contributed by atoms with Crippen LogP contribution in [0, 0.1) is 0 Å². The summed E-state index contributed by atoms with van der Waals surface area (Å²) in [5, 5.41) is 17.6. The summed E-state index contributed by atoms with van der Waals surface area (Å²) < 4.78 is 1.80. The number of rotatable bonds is 5. The van der Waals surface area contributed by atoms with Gasteiger partial charge in [0.05, 0.1) is 28.2 Å². The zero-order valence-corrected chi connectivity index (χ0v) is 12.4. The summed E-state index contributed by atoms with van der Waals surface area (Å²) >= 11 is 5.81. The van der Waals surface area contributed by atoms with Gasteiger partial charge in [0.2, 0.25) is 0 Å². The molecule has 1 heterocycles. The molecule has 0 atom stereocenters. The average molecular weight is 307 g/mol. The largest absolute Gasteiger partial charge is 0.478 e. The Hall–Kier alpha value is -2.34. The molecule has 7 heteroatoms. The number of aryl methyl sites for hydroxylation is 1. The van der Waals surface area contributed by atoms with E-state index in [-0.39, 0.29) is 10.6 Å². The number of benzene rings is 1. The van der Waals surface area contributed by atoms with Gasteiger partial charge in [0.15, 0.2) is 0 Å². The standard InChI is InChI=1S/C14H15ClN4O2/c1-3-19-8-10(7-16-19)9(2)17-18-11-4-5-13(15)12(6-11)14(20)21/h4-8,18H,3H2,1-2H3,(H,20,21)/b17-9+. The van der Waals surface area contributed by atoms with Crippen molar-refractivity contribution in [2.45, 2.75) is 20.4 Å². The second-order valence-corrected chi connectivity index (χ2v) is 4.80. The molecule has 2 N–H and O–H groups in total. The third kappa shape index (κ3) is 3.61. The average Bonchev–Trinajstić information content (AvgIpc) is 2.94.